The number of hydrogen-bond acceptors (Lipinski definition) is 10. The van der Waals surface area contributed by atoms with Gasteiger partial charge in [0.1, 0.15) is 16.4 Å². The summed E-state index contributed by atoms with van der Waals surface area (Å²) in [7, 11) is -8.06. The van der Waals surface area contributed by atoms with E-state index in [1.165, 1.54) is 26.2 Å². The molecule has 0 saturated heterocycles. The van der Waals surface area contributed by atoms with Crippen LogP contribution in [0, 0.1) is 61.3 Å². The quantitative estimate of drug-likeness (QED) is 0.0179. The van der Waals surface area contributed by atoms with Crippen molar-refractivity contribution in [1.29, 1.82) is 0 Å². The van der Waals surface area contributed by atoms with Gasteiger partial charge < -0.3 is 19.9 Å². The van der Waals surface area contributed by atoms with Gasteiger partial charge in [0.25, 0.3) is 20.2 Å². The number of Topliss-reactive ketones (excluding diaryl/α,β-unsaturated/α-hetero) is 1. The van der Waals surface area contributed by atoms with E-state index >= 15 is 0 Å². The predicted molar refractivity (Wildman–Crippen MR) is 280 cm³/mol. The second-order valence-electron chi connectivity index (χ2n) is 18.4. The third kappa shape index (κ3) is 11.2. The van der Waals surface area contributed by atoms with Crippen molar-refractivity contribution in [2.45, 2.75) is 91.6 Å². The number of aryl methyl sites for hydroxylation is 7. The van der Waals surface area contributed by atoms with Crippen molar-refractivity contribution in [2.24, 2.45) is 0 Å². The van der Waals surface area contributed by atoms with Gasteiger partial charge in [0.2, 0.25) is 0 Å². The van der Waals surface area contributed by atoms with Crippen molar-refractivity contribution in [1.82, 2.24) is 0 Å². The molecular formula is C58H58NO11S2+. The summed E-state index contributed by atoms with van der Waals surface area (Å²) in [5.41, 5.74) is 13.2. The van der Waals surface area contributed by atoms with Gasteiger partial charge in [-0.1, -0.05) is 42.0 Å². The highest BCUT2D eigenvalue weighted by molar-refractivity contribution is 7.86. The number of hydrogen-bond donors (Lipinski definition) is 4. The number of para-hydroxylation sites is 1. The van der Waals surface area contributed by atoms with E-state index in [4.69, 9.17) is 9.47 Å². The molecule has 0 aliphatic heterocycles. The molecule has 0 spiro atoms. The maximum atomic E-state index is 14.6. The lowest BCUT2D eigenvalue weighted by Gasteiger charge is -2.22. The number of carbonyl (C=O) groups excluding carboxylic acids is 2. The van der Waals surface area contributed by atoms with Gasteiger partial charge in [-0.2, -0.15) is 16.8 Å². The Labute approximate surface area is 422 Å². The molecule has 0 saturated carbocycles. The first-order valence-corrected chi connectivity index (χ1v) is 26.0. The first-order chi connectivity index (χ1) is 33.9. The molecule has 72 heavy (non-hydrogen) atoms. The summed E-state index contributed by atoms with van der Waals surface area (Å²) >= 11 is 0. The minimum absolute atomic E-state index is 0.106. The lowest BCUT2D eigenvalue weighted by atomic mass is 9.78. The summed E-state index contributed by atoms with van der Waals surface area (Å²) in [6.07, 6.45) is 0.623. The van der Waals surface area contributed by atoms with Gasteiger partial charge >= 0.3 is 5.97 Å². The molecule has 0 aliphatic carbocycles. The standard InChI is InChI=1S/C58H57NO11S2/c1-32-20-33(2)48(34(3)21-32)25-41-16-18-43(27-50(41)40(9)61)56(55-36(5)23-46(24-37(55)6)59-52-30-54(71(63,64)65)53(69-10)29-45(52)31-60)44-19-17-42(51(28-44)58(62)70-47-14-12-11-13-15-47)26-49-35(4)22-38(7)57(39(49)8)72(66,67)68/h11-24,27-30,59-60H,25-26,31H2,1-10H3,(H-,63,64,65,66,67,68)/p+1. The van der Waals surface area contributed by atoms with Crippen molar-refractivity contribution < 1.29 is 50.1 Å². The Morgan fingerprint density at radius 1 is 0.611 bits per heavy atom. The average molecular weight is 1010 g/mol. The number of aliphatic hydroxyl groups is 1. The molecule has 0 heterocycles. The van der Waals surface area contributed by atoms with Gasteiger partial charge in [-0.3, -0.25) is 13.9 Å². The molecule has 0 aromatic heterocycles. The van der Waals surface area contributed by atoms with E-state index in [9.17, 15) is 40.6 Å². The molecule has 7 rings (SSSR count). The highest BCUT2D eigenvalue weighted by Crippen LogP contribution is 2.41. The van der Waals surface area contributed by atoms with E-state index < -0.39 is 37.7 Å². The fraction of sp³-hybridized carbons (Fsp3) is 0.224. The van der Waals surface area contributed by atoms with Crippen LogP contribution in [-0.2, 0) is 39.7 Å². The van der Waals surface area contributed by atoms with Gasteiger partial charge in [0.05, 0.1) is 52.5 Å². The van der Waals surface area contributed by atoms with Crippen LogP contribution >= 0.6 is 0 Å². The van der Waals surface area contributed by atoms with Crippen molar-refractivity contribution in [2.75, 3.05) is 12.4 Å². The summed E-state index contributed by atoms with van der Waals surface area (Å²) in [4.78, 5) is 27.7. The molecule has 372 valence electrons. The highest BCUT2D eigenvalue weighted by atomic mass is 32.2. The summed E-state index contributed by atoms with van der Waals surface area (Å²) in [5, 5.41) is 13.5. The first kappa shape index (κ1) is 52.7. The molecule has 7 aromatic carbocycles. The number of nitrogens with one attached hydrogen (secondary N) is 1. The minimum atomic E-state index is -4.72. The van der Waals surface area contributed by atoms with E-state index in [0.717, 1.165) is 50.1 Å². The maximum absolute atomic E-state index is 14.6. The summed E-state index contributed by atoms with van der Waals surface area (Å²) in [6, 6.07) is 32.0. The van der Waals surface area contributed by atoms with Gasteiger partial charge in [0.15, 0.2) is 5.78 Å². The van der Waals surface area contributed by atoms with Crippen LogP contribution < -0.4 is 14.8 Å². The Hall–Kier alpha value is -7.07. The third-order valence-electron chi connectivity index (χ3n) is 13.1. The Bertz CT molecular complexity index is 3480. The van der Waals surface area contributed by atoms with Crippen LogP contribution in [0.5, 0.6) is 11.5 Å². The normalized spacial score (nSPS) is 11.6. The molecule has 0 unspecified atom stereocenters. The highest BCUT2D eigenvalue weighted by Gasteiger charge is 2.32. The molecule has 0 aliphatic rings. The molecule has 0 atom stereocenters. The van der Waals surface area contributed by atoms with E-state index in [0.29, 0.717) is 68.3 Å². The van der Waals surface area contributed by atoms with Gasteiger partial charge in [-0.15, -0.1) is 0 Å². The van der Waals surface area contributed by atoms with E-state index in [2.05, 4.69) is 38.2 Å². The summed E-state index contributed by atoms with van der Waals surface area (Å²) < 4.78 is 81.6. The van der Waals surface area contributed by atoms with Crippen molar-refractivity contribution in [3.8, 4) is 11.5 Å². The van der Waals surface area contributed by atoms with Crippen LogP contribution in [0.25, 0.3) is 0 Å². The van der Waals surface area contributed by atoms with Gasteiger partial charge in [-0.25, -0.2) is 4.79 Å². The van der Waals surface area contributed by atoms with Gasteiger partial charge in [-0.05, 0) is 186 Å². The number of carbonyl (C=O) groups is 2. The minimum Gasteiger partial charge on any atom is -0.495 e. The number of ether oxygens (including phenoxy) is 2. The van der Waals surface area contributed by atoms with Crippen LogP contribution in [0.3, 0.4) is 0 Å². The number of anilines is 2. The third-order valence-corrected chi connectivity index (χ3v) is 15.2. The molecule has 12 nitrogen and oxygen atoms in total. The van der Waals surface area contributed by atoms with Crippen LogP contribution in [0.2, 0.25) is 0 Å². The zero-order valence-corrected chi connectivity index (χ0v) is 43.6. The zero-order valence-electron chi connectivity index (χ0n) is 41.9. The van der Waals surface area contributed by atoms with Crippen molar-refractivity contribution >= 4 is 43.4 Å². The second-order valence-corrected chi connectivity index (χ2v) is 21.2. The van der Waals surface area contributed by atoms with E-state index in [1.807, 2.05) is 57.2 Å². The number of aliphatic hydroxyl groups excluding tert-OH is 1. The van der Waals surface area contributed by atoms with Crippen LogP contribution in [0.1, 0.15) is 117 Å². The lowest BCUT2D eigenvalue weighted by Crippen LogP contribution is -2.16. The molecule has 0 fully saturated rings. The Morgan fingerprint density at radius 2 is 1.17 bits per heavy atom. The van der Waals surface area contributed by atoms with Crippen molar-refractivity contribution in [3.63, 3.8) is 0 Å². The zero-order chi connectivity index (χ0) is 52.6. The molecule has 0 bridgehead atoms. The Kier molecular flexibility index (Phi) is 15.3. The fourth-order valence-electron chi connectivity index (χ4n) is 9.94. The first-order valence-electron chi connectivity index (χ1n) is 23.1. The van der Waals surface area contributed by atoms with Crippen LogP contribution in [-0.4, -0.2) is 49.9 Å². The SMILES string of the molecule is COc1cc(CO)c(Nc2cc(C)c([C+](c3ccc(Cc4c(C)cc(C)cc4C)c(C(C)=O)c3)c3ccc(Cc4c(C)cc(C)c(S(=O)(=O)O)c4C)c(C(=O)Oc4ccccc4)c3)c(C)c2)cc1S(=O)(=O)O. The monoisotopic (exact) mass is 1010 g/mol. The molecule has 7 aromatic rings. The molecular weight excluding hydrogens is 951 g/mol. The Balaban J connectivity index is 1.45. The molecule has 0 amide bonds. The Morgan fingerprint density at radius 3 is 1.71 bits per heavy atom. The van der Waals surface area contributed by atoms with Crippen LogP contribution in [0.4, 0.5) is 11.4 Å². The predicted octanol–water partition coefficient (Wildman–Crippen LogP) is 11.5. The maximum Gasteiger partial charge on any atom is 0.349 e. The van der Waals surface area contributed by atoms with Gasteiger partial charge in [0, 0.05) is 40.1 Å². The summed E-state index contributed by atoms with van der Waals surface area (Å²) in [5.74, 6) is 0.0219. The number of ketones is 1. The smallest absolute Gasteiger partial charge is 0.349 e. The average Bonchev–Trinajstić information content (AvgIpc) is 3.29. The summed E-state index contributed by atoms with van der Waals surface area (Å²) in [6.45, 7) is 16.1. The lowest BCUT2D eigenvalue weighted by molar-refractivity contribution is 0.0733. The van der Waals surface area contributed by atoms with E-state index in [1.54, 1.807) is 62.4 Å². The largest absolute Gasteiger partial charge is 0.495 e. The van der Waals surface area contributed by atoms with Crippen LogP contribution in [0.15, 0.2) is 119 Å². The topological polar surface area (TPSA) is 194 Å². The molecule has 14 heteroatoms. The second kappa shape index (κ2) is 21.0. The number of benzene rings is 7. The molecule has 4 N–H and O–H groups in total. The molecule has 0 radical (unpaired) electrons. The number of rotatable bonds is 16. The number of esters is 1. The van der Waals surface area contributed by atoms with E-state index in [-0.39, 0.29) is 34.1 Å². The number of methoxy groups -OCH3 is 1. The van der Waals surface area contributed by atoms with Crippen molar-refractivity contribution in [3.05, 3.63) is 215 Å². The fourth-order valence-corrected chi connectivity index (χ4v) is 11.6.